The molecule has 1 N–H and O–H groups in total. The molecule has 0 saturated heterocycles. The predicted molar refractivity (Wildman–Crippen MR) is 73.2 cm³/mol. The summed E-state index contributed by atoms with van der Waals surface area (Å²) in [6.07, 6.45) is 3.71. The second-order valence-electron chi connectivity index (χ2n) is 4.11. The molecule has 1 heterocycles. The van der Waals surface area contributed by atoms with E-state index in [1.165, 1.54) is 0 Å². The van der Waals surface area contributed by atoms with Crippen molar-refractivity contribution in [3.63, 3.8) is 0 Å². The Morgan fingerprint density at radius 2 is 2.22 bits per heavy atom. The summed E-state index contributed by atoms with van der Waals surface area (Å²) >= 11 is 6.08. The summed E-state index contributed by atoms with van der Waals surface area (Å²) in [5.74, 6) is 1.65. The minimum atomic E-state index is 0.106. The monoisotopic (exact) mass is 265 g/mol. The molecule has 0 aliphatic heterocycles. The van der Waals surface area contributed by atoms with Crippen molar-refractivity contribution in [2.45, 2.75) is 13.0 Å². The number of anilines is 1. The fourth-order valence-electron chi connectivity index (χ4n) is 1.87. The summed E-state index contributed by atoms with van der Waals surface area (Å²) < 4.78 is 7.11. The lowest BCUT2D eigenvalue weighted by Crippen LogP contribution is -2.11. The summed E-state index contributed by atoms with van der Waals surface area (Å²) in [5, 5.41) is 3.95. The van der Waals surface area contributed by atoms with Gasteiger partial charge in [-0.2, -0.15) is 0 Å². The summed E-state index contributed by atoms with van der Waals surface area (Å²) in [6, 6.07) is 5.73. The average molecular weight is 266 g/mol. The summed E-state index contributed by atoms with van der Waals surface area (Å²) in [7, 11) is 3.58. The number of imidazole rings is 1. The number of methoxy groups -OCH3 is 1. The van der Waals surface area contributed by atoms with Crippen molar-refractivity contribution in [3.8, 4) is 5.75 Å². The molecule has 0 spiro atoms. The number of ether oxygens (including phenoxy) is 1. The highest BCUT2D eigenvalue weighted by Crippen LogP contribution is 2.28. The van der Waals surface area contributed by atoms with Crippen molar-refractivity contribution in [1.29, 1.82) is 0 Å². The maximum absolute atomic E-state index is 6.08. The number of nitrogens with one attached hydrogen (secondary N) is 1. The van der Waals surface area contributed by atoms with Crippen LogP contribution in [0.1, 0.15) is 18.8 Å². The molecule has 5 heteroatoms. The molecule has 1 unspecified atom stereocenters. The van der Waals surface area contributed by atoms with Gasteiger partial charge in [0.25, 0.3) is 0 Å². The van der Waals surface area contributed by atoms with E-state index >= 15 is 0 Å². The van der Waals surface area contributed by atoms with Crippen molar-refractivity contribution in [1.82, 2.24) is 9.55 Å². The van der Waals surface area contributed by atoms with Crippen LogP contribution in [0.15, 0.2) is 30.6 Å². The Bertz CT molecular complexity index is 539. The highest BCUT2D eigenvalue weighted by atomic mass is 35.5. The molecule has 0 aliphatic rings. The molecule has 0 radical (unpaired) electrons. The molecule has 0 amide bonds. The number of nitrogens with zero attached hydrogens (tertiary/aromatic N) is 2. The molecule has 0 saturated carbocycles. The number of hydrogen-bond donors (Lipinski definition) is 1. The van der Waals surface area contributed by atoms with E-state index in [-0.39, 0.29) is 6.04 Å². The zero-order valence-corrected chi connectivity index (χ0v) is 11.4. The molecule has 2 rings (SSSR count). The second kappa shape index (κ2) is 5.31. The van der Waals surface area contributed by atoms with Gasteiger partial charge in [0.2, 0.25) is 0 Å². The smallest absolute Gasteiger partial charge is 0.137 e. The molecule has 0 bridgehead atoms. The number of rotatable bonds is 4. The molecule has 1 aromatic carbocycles. The SMILES string of the molecule is COc1ccc(NC(C)c2nccn2C)cc1Cl. The third kappa shape index (κ3) is 2.59. The summed E-state index contributed by atoms with van der Waals surface area (Å²) in [5.41, 5.74) is 0.941. The van der Waals surface area contributed by atoms with Gasteiger partial charge in [-0.25, -0.2) is 4.98 Å². The third-order valence-electron chi connectivity index (χ3n) is 2.78. The van der Waals surface area contributed by atoms with E-state index in [4.69, 9.17) is 16.3 Å². The minimum Gasteiger partial charge on any atom is -0.495 e. The molecule has 18 heavy (non-hydrogen) atoms. The number of halogens is 1. The molecule has 0 fully saturated rings. The van der Waals surface area contributed by atoms with E-state index in [2.05, 4.69) is 17.2 Å². The molecule has 4 nitrogen and oxygen atoms in total. The van der Waals surface area contributed by atoms with E-state index in [9.17, 15) is 0 Å². The van der Waals surface area contributed by atoms with E-state index in [1.54, 1.807) is 13.3 Å². The van der Waals surface area contributed by atoms with Crippen LogP contribution in [0.25, 0.3) is 0 Å². The standard InChI is InChI=1S/C13H16ClN3O/c1-9(13-15-6-7-17(13)2)16-10-4-5-12(18-3)11(14)8-10/h4-9,16H,1-3H3. The van der Waals surface area contributed by atoms with Crippen LogP contribution in [0.3, 0.4) is 0 Å². The topological polar surface area (TPSA) is 39.1 Å². The van der Waals surface area contributed by atoms with Crippen LogP contribution in [0.2, 0.25) is 5.02 Å². The van der Waals surface area contributed by atoms with Gasteiger partial charge in [-0.05, 0) is 25.1 Å². The average Bonchev–Trinajstić information content (AvgIpc) is 2.76. The lowest BCUT2D eigenvalue weighted by Gasteiger charge is -2.15. The van der Waals surface area contributed by atoms with Gasteiger partial charge < -0.3 is 14.6 Å². The van der Waals surface area contributed by atoms with Gasteiger partial charge in [-0.15, -0.1) is 0 Å². The summed E-state index contributed by atoms with van der Waals surface area (Å²) in [4.78, 5) is 4.31. The number of aryl methyl sites for hydroxylation is 1. The first-order chi connectivity index (χ1) is 8.61. The van der Waals surface area contributed by atoms with Crippen molar-refractivity contribution in [2.75, 3.05) is 12.4 Å². The largest absolute Gasteiger partial charge is 0.495 e. The van der Waals surface area contributed by atoms with E-state index in [1.807, 2.05) is 36.0 Å². The van der Waals surface area contributed by atoms with Crippen LogP contribution in [-0.2, 0) is 7.05 Å². The Morgan fingerprint density at radius 1 is 1.44 bits per heavy atom. The van der Waals surface area contributed by atoms with Gasteiger partial charge in [0.05, 0.1) is 18.2 Å². The number of hydrogen-bond acceptors (Lipinski definition) is 3. The highest BCUT2D eigenvalue weighted by molar-refractivity contribution is 6.32. The van der Waals surface area contributed by atoms with Crippen LogP contribution in [-0.4, -0.2) is 16.7 Å². The van der Waals surface area contributed by atoms with Crippen LogP contribution in [0.4, 0.5) is 5.69 Å². The van der Waals surface area contributed by atoms with Gasteiger partial charge in [-0.3, -0.25) is 0 Å². The molecule has 1 atom stereocenters. The van der Waals surface area contributed by atoms with Crippen molar-refractivity contribution in [2.24, 2.45) is 7.05 Å². The Balaban J connectivity index is 2.15. The van der Waals surface area contributed by atoms with Crippen molar-refractivity contribution >= 4 is 17.3 Å². The Kier molecular flexibility index (Phi) is 3.77. The Labute approximate surface area is 112 Å². The van der Waals surface area contributed by atoms with E-state index < -0.39 is 0 Å². The van der Waals surface area contributed by atoms with Gasteiger partial charge in [-0.1, -0.05) is 11.6 Å². The first-order valence-corrected chi connectivity index (χ1v) is 6.07. The maximum atomic E-state index is 6.08. The fourth-order valence-corrected chi connectivity index (χ4v) is 2.12. The predicted octanol–water partition coefficient (Wildman–Crippen LogP) is 3.26. The first kappa shape index (κ1) is 12.8. The van der Waals surface area contributed by atoms with Gasteiger partial charge in [0, 0.05) is 25.1 Å². The minimum absolute atomic E-state index is 0.106. The zero-order chi connectivity index (χ0) is 13.1. The summed E-state index contributed by atoms with van der Waals surface area (Å²) in [6.45, 7) is 2.06. The van der Waals surface area contributed by atoms with Crippen molar-refractivity contribution in [3.05, 3.63) is 41.4 Å². The highest BCUT2D eigenvalue weighted by Gasteiger charge is 2.10. The number of benzene rings is 1. The molecule has 1 aromatic heterocycles. The van der Waals surface area contributed by atoms with Crippen LogP contribution >= 0.6 is 11.6 Å². The normalized spacial score (nSPS) is 12.2. The van der Waals surface area contributed by atoms with Crippen LogP contribution < -0.4 is 10.1 Å². The maximum Gasteiger partial charge on any atom is 0.137 e. The van der Waals surface area contributed by atoms with Crippen LogP contribution in [0, 0.1) is 0 Å². The van der Waals surface area contributed by atoms with Gasteiger partial charge >= 0.3 is 0 Å². The van der Waals surface area contributed by atoms with Crippen LogP contribution in [0.5, 0.6) is 5.75 Å². The zero-order valence-electron chi connectivity index (χ0n) is 10.6. The molecular formula is C13H16ClN3O. The Morgan fingerprint density at radius 3 is 2.78 bits per heavy atom. The number of aromatic nitrogens is 2. The van der Waals surface area contributed by atoms with Crippen molar-refractivity contribution < 1.29 is 4.74 Å². The Hall–Kier alpha value is -1.68. The molecule has 96 valence electrons. The lowest BCUT2D eigenvalue weighted by molar-refractivity contribution is 0.415. The van der Waals surface area contributed by atoms with E-state index in [0.29, 0.717) is 10.8 Å². The molecular weight excluding hydrogens is 250 g/mol. The molecule has 0 aliphatic carbocycles. The quantitative estimate of drug-likeness (QED) is 0.922. The van der Waals surface area contributed by atoms with E-state index in [0.717, 1.165) is 11.5 Å². The van der Waals surface area contributed by atoms with Gasteiger partial charge in [0.15, 0.2) is 0 Å². The van der Waals surface area contributed by atoms with Gasteiger partial charge in [0.1, 0.15) is 11.6 Å². The fraction of sp³-hybridized carbons (Fsp3) is 0.308. The molecule has 2 aromatic rings. The third-order valence-corrected chi connectivity index (χ3v) is 3.08. The lowest BCUT2D eigenvalue weighted by atomic mass is 10.2. The second-order valence-corrected chi connectivity index (χ2v) is 4.52. The first-order valence-electron chi connectivity index (χ1n) is 5.69.